The first-order valence-corrected chi connectivity index (χ1v) is 6.35. The number of fused-ring (bicyclic) bond motifs is 2. The fourth-order valence-corrected chi connectivity index (χ4v) is 2.46. The highest BCUT2D eigenvalue weighted by Gasteiger charge is 2.12. The van der Waals surface area contributed by atoms with Gasteiger partial charge >= 0.3 is 0 Å². The Morgan fingerprint density at radius 2 is 1.95 bits per heavy atom. The number of aromatic hydroxyl groups is 1. The minimum Gasteiger partial charge on any atom is -0.508 e. The molecule has 0 aliphatic rings. The van der Waals surface area contributed by atoms with Crippen LogP contribution in [0.5, 0.6) is 5.75 Å². The largest absolute Gasteiger partial charge is 0.508 e. The minimum absolute atomic E-state index is 0.0283. The number of nitrogens with one attached hydrogen (secondary N) is 3. The highest BCUT2D eigenvalue weighted by Crippen LogP contribution is 2.28. The Morgan fingerprint density at radius 3 is 2.67 bits per heavy atom. The van der Waals surface area contributed by atoms with Crippen LogP contribution >= 0.6 is 0 Å². The molecule has 2 aromatic carbocycles. The molecule has 21 heavy (non-hydrogen) atoms. The van der Waals surface area contributed by atoms with Crippen LogP contribution in [-0.2, 0) is 4.79 Å². The van der Waals surface area contributed by atoms with Crippen LogP contribution in [0.15, 0.2) is 35.1 Å². The van der Waals surface area contributed by atoms with Crippen LogP contribution in [0.3, 0.4) is 0 Å². The first-order valence-electron chi connectivity index (χ1n) is 6.35. The summed E-state index contributed by atoms with van der Waals surface area (Å²) in [6, 6.07) is 7.98. The van der Waals surface area contributed by atoms with Crippen molar-refractivity contribution in [3.63, 3.8) is 0 Å². The van der Waals surface area contributed by atoms with Gasteiger partial charge in [-0.2, -0.15) is 0 Å². The first kappa shape index (κ1) is 13.0. The molecule has 0 atom stereocenters. The molecular formula is C15H13N3O3. The van der Waals surface area contributed by atoms with E-state index in [1.54, 1.807) is 25.2 Å². The Kier molecular flexibility index (Phi) is 2.98. The second-order valence-electron chi connectivity index (χ2n) is 4.61. The molecule has 0 unspecified atom stereocenters. The molecule has 0 aliphatic carbocycles. The maximum Gasteiger partial charge on any atom is 0.211 e. The summed E-state index contributed by atoms with van der Waals surface area (Å²) in [6.07, 6.45) is 0.563. The monoisotopic (exact) mass is 283 g/mol. The van der Waals surface area contributed by atoms with Gasteiger partial charge in [0.1, 0.15) is 5.75 Å². The third-order valence-electron chi connectivity index (χ3n) is 3.42. The summed E-state index contributed by atoms with van der Waals surface area (Å²) in [6.45, 7) is 0. The highest BCUT2D eigenvalue weighted by molar-refractivity contribution is 6.06. The maximum atomic E-state index is 12.7. The molecule has 0 aliphatic heterocycles. The number of aromatic nitrogens is 1. The Hall–Kier alpha value is -3.02. The van der Waals surface area contributed by atoms with Crippen molar-refractivity contribution in [2.75, 3.05) is 17.7 Å². The molecule has 0 spiro atoms. The van der Waals surface area contributed by atoms with E-state index in [4.69, 9.17) is 0 Å². The number of pyridine rings is 1. The van der Waals surface area contributed by atoms with E-state index in [2.05, 4.69) is 15.6 Å². The first-order chi connectivity index (χ1) is 10.2. The number of anilines is 2. The molecule has 4 N–H and O–H groups in total. The number of carbonyl (C=O) groups excluding carboxylic acids is 1. The zero-order chi connectivity index (χ0) is 15.0. The highest BCUT2D eigenvalue weighted by atomic mass is 16.3. The molecule has 106 valence electrons. The molecule has 6 heteroatoms. The van der Waals surface area contributed by atoms with Crippen molar-refractivity contribution in [3.8, 4) is 5.75 Å². The average molecular weight is 283 g/mol. The number of hydrogen-bond acceptors (Lipinski definition) is 4. The van der Waals surface area contributed by atoms with Crippen molar-refractivity contribution in [2.24, 2.45) is 0 Å². The average Bonchev–Trinajstić information content (AvgIpc) is 2.49. The Bertz CT molecular complexity index is 915. The van der Waals surface area contributed by atoms with E-state index in [0.717, 1.165) is 0 Å². The lowest BCUT2D eigenvalue weighted by Gasteiger charge is -2.11. The molecule has 0 fully saturated rings. The van der Waals surface area contributed by atoms with E-state index in [1.165, 1.54) is 12.1 Å². The van der Waals surface area contributed by atoms with Crippen LogP contribution in [0.2, 0.25) is 0 Å². The lowest BCUT2D eigenvalue weighted by molar-refractivity contribution is -0.105. The van der Waals surface area contributed by atoms with Crippen molar-refractivity contribution in [1.29, 1.82) is 0 Å². The van der Waals surface area contributed by atoms with E-state index in [9.17, 15) is 14.7 Å². The van der Waals surface area contributed by atoms with Crippen LogP contribution in [0.4, 0.5) is 11.4 Å². The van der Waals surface area contributed by atoms with Crippen molar-refractivity contribution in [1.82, 2.24) is 4.98 Å². The summed E-state index contributed by atoms with van der Waals surface area (Å²) in [5.74, 6) is 0.0283. The number of aromatic amines is 1. The number of carbonyl (C=O) groups is 1. The van der Waals surface area contributed by atoms with Gasteiger partial charge in [-0.15, -0.1) is 0 Å². The molecule has 6 nitrogen and oxygen atoms in total. The zero-order valence-corrected chi connectivity index (χ0v) is 11.2. The second-order valence-corrected chi connectivity index (χ2v) is 4.61. The van der Waals surface area contributed by atoms with Crippen LogP contribution < -0.4 is 16.1 Å². The van der Waals surface area contributed by atoms with Crippen molar-refractivity contribution < 1.29 is 9.90 Å². The molecule has 0 saturated heterocycles. The van der Waals surface area contributed by atoms with Gasteiger partial charge in [-0.1, -0.05) is 0 Å². The van der Waals surface area contributed by atoms with Gasteiger partial charge in [0.25, 0.3) is 0 Å². The summed E-state index contributed by atoms with van der Waals surface area (Å²) < 4.78 is 0. The van der Waals surface area contributed by atoms with Gasteiger partial charge in [0.15, 0.2) is 5.43 Å². The number of phenols is 1. The Labute approximate surface area is 119 Å². The molecule has 3 rings (SSSR count). The van der Waals surface area contributed by atoms with E-state index in [-0.39, 0.29) is 11.2 Å². The number of hydrogen-bond donors (Lipinski definition) is 4. The van der Waals surface area contributed by atoms with Crippen molar-refractivity contribution in [2.45, 2.75) is 0 Å². The lowest BCUT2D eigenvalue weighted by Crippen LogP contribution is -2.09. The van der Waals surface area contributed by atoms with E-state index >= 15 is 0 Å². The Balaban J connectivity index is 2.53. The summed E-state index contributed by atoms with van der Waals surface area (Å²) in [5, 5.41) is 15.9. The minimum atomic E-state index is -0.214. The zero-order valence-electron chi connectivity index (χ0n) is 11.2. The van der Waals surface area contributed by atoms with Gasteiger partial charge in [-0.05, 0) is 30.3 Å². The smallest absolute Gasteiger partial charge is 0.211 e. The summed E-state index contributed by atoms with van der Waals surface area (Å²) in [4.78, 5) is 26.5. The number of benzene rings is 2. The molecule has 1 amide bonds. The van der Waals surface area contributed by atoms with Crippen LogP contribution in [0, 0.1) is 0 Å². The predicted octanol–water partition coefficient (Wildman–Crippen LogP) is 2.00. The molecule has 0 bridgehead atoms. The summed E-state index contributed by atoms with van der Waals surface area (Å²) in [5.41, 5.74) is 2.08. The summed E-state index contributed by atoms with van der Waals surface area (Å²) in [7, 11) is 1.72. The maximum absolute atomic E-state index is 12.7. The fraction of sp³-hybridized carbons (Fsp3) is 0.0667. The number of phenolic OH excluding ortho intramolecular Hbond substituents is 1. The number of rotatable bonds is 3. The topological polar surface area (TPSA) is 94.2 Å². The molecule has 0 radical (unpaired) electrons. The number of amides is 1. The van der Waals surface area contributed by atoms with Crippen LogP contribution in [0.25, 0.3) is 21.8 Å². The van der Waals surface area contributed by atoms with Gasteiger partial charge in [-0.3, -0.25) is 9.59 Å². The van der Waals surface area contributed by atoms with E-state index in [0.29, 0.717) is 39.6 Å². The third-order valence-corrected chi connectivity index (χ3v) is 3.42. The van der Waals surface area contributed by atoms with Gasteiger partial charge in [0, 0.05) is 18.1 Å². The molecule has 1 aromatic heterocycles. The SMILES string of the molecule is CNc1ccc(NC=O)c2[nH]c3ccc(O)cc3c(=O)c12. The van der Waals surface area contributed by atoms with Gasteiger partial charge in [0.2, 0.25) is 6.41 Å². The Morgan fingerprint density at radius 1 is 1.19 bits per heavy atom. The van der Waals surface area contributed by atoms with Gasteiger partial charge in [-0.25, -0.2) is 0 Å². The second kappa shape index (κ2) is 4.82. The van der Waals surface area contributed by atoms with Gasteiger partial charge in [0.05, 0.1) is 22.1 Å². The lowest BCUT2D eigenvalue weighted by atomic mass is 10.1. The van der Waals surface area contributed by atoms with Crippen LogP contribution in [-0.4, -0.2) is 23.5 Å². The van der Waals surface area contributed by atoms with Crippen molar-refractivity contribution >= 4 is 39.6 Å². The van der Waals surface area contributed by atoms with E-state index in [1.807, 2.05) is 0 Å². The van der Waals surface area contributed by atoms with Gasteiger partial charge < -0.3 is 20.7 Å². The van der Waals surface area contributed by atoms with Crippen molar-refractivity contribution in [3.05, 3.63) is 40.6 Å². The summed E-state index contributed by atoms with van der Waals surface area (Å²) >= 11 is 0. The predicted molar refractivity (Wildman–Crippen MR) is 83.0 cm³/mol. The standard InChI is InChI=1S/C15H13N3O3/c1-16-11-4-5-12(17-7-19)14-13(11)15(21)9-6-8(20)2-3-10(9)18-14/h2-7,16,20H,1H3,(H,17,19)(H,18,21). The molecule has 0 saturated carbocycles. The van der Waals surface area contributed by atoms with E-state index < -0.39 is 0 Å². The molecule has 1 heterocycles. The number of H-pyrrole nitrogens is 1. The normalized spacial score (nSPS) is 10.7. The molecular weight excluding hydrogens is 270 g/mol. The third kappa shape index (κ3) is 1.97. The molecule has 3 aromatic rings. The quantitative estimate of drug-likeness (QED) is 0.437. The van der Waals surface area contributed by atoms with Crippen LogP contribution in [0.1, 0.15) is 0 Å². The fourth-order valence-electron chi connectivity index (χ4n) is 2.46.